The van der Waals surface area contributed by atoms with E-state index in [9.17, 15) is 0 Å². The van der Waals surface area contributed by atoms with E-state index < -0.39 is 0 Å². The van der Waals surface area contributed by atoms with Gasteiger partial charge in [-0.2, -0.15) is 0 Å². The summed E-state index contributed by atoms with van der Waals surface area (Å²) in [6, 6.07) is 0. The van der Waals surface area contributed by atoms with E-state index in [0.29, 0.717) is 0 Å². The maximum Gasteiger partial charge on any atom is -0.0233 e. The number of hydrogen-bond acceptors (Lipinski definition) is 0. The Morgan fingerprint density at radius 1 is 0.692 bits per heavy atom. The Hall–Kier alpha value is 0.350. The summed E-state index contributed by atoms with van der Waals surface area (Å²) < 4.78 is 0. The standard InChI is InChI=1S/C12H28S/c1-5-7-9-10-12-13(3,4)11-8-6-2/h5-12H2,1-4H3. The molecule has 0 aliphatic rings. The maximum absolute atomic E-state index is 2.51. The molecule has 0 unspecified atom stereocenters. The summed E-state index contributed by atoms with van der Waals surface area (Å²) in [6.07, 6.45) is 13.6. The lowest BCUT2D eigenvalue weighted by atomic mass is 10.2. The molecule has 0 aromatic heterocycles. The van der Waals surface area contributed by atoms with Gasteiger partial charge in [-0.3, -0.25) is 0 Å². The van der Waals surface area contributed by atoms with Crippen molar-refractivity contribution < 1.29 is 0 Å². The van der Waals surface area contributed by atoms with Gasteiger partial charge >= 0.3 is 0 Å². The molecule has 0 rings (SSSR count). The normalized spacial score (nSPS) is 13.2. The zero-order chi connectivity index (χ0) is 10.2. The average Bonchev–Trinajstić information content (AvgIpc) is 2.09. The molecule has 0 fully saturated rings. The summed E-state index contributed by atoms with van der Waals surface area (Å²) in [5, 5.41) is 0. The molecular weight excluding hydrogens is 176 g/mol. The van der Waals surface area contributed by atoms with Gasteiger partial charge in [0, 0.05) is 0 Å². The molecule has 0 bridgehead atoms. The van der Waals surface area contributed by atoms with Gasteiger partial charge < -0.3 is 0 Å². The summed E-state index contributed by atoms with van der Waals surface area (Å²) in [7, 11) is -0.224. The average molecular weight is 204 g/mol. The van der Waals surface area contributed by atoms with Crippen LogP contribution in [-0.2, 0) is 0 Å². The highest BCUT2D eigenvalue weighted by molar-refractivity contribution is 8.32. The Morgan fingerprint density at radius 3 is 1.77 bits per heavy atom. The van der Waals surface area contributed by atoms with Crippen molar-refractivity contribution in [3.63, 3.8) is 0 Å². The Balaban J connectivity index is 3.39. The maximum atomic E-state index is 2.51. The Kier molecular flexibility index (Phi) is 7.93. The highest BCUT2D eigenvalue weighted by atomic mass is 32.3. The van der Waals surface area contributed by atoms with E-state index in [2.05, 4.69) is 26.4 Å². The lowest BCUT2D eigenvalue weighted by Crippen LogP contribution is -2.06. The largest absolute Gasteiger partial charge is 0.247 e. The van der Waals surface area contributed by atoms with E-state index in [4.69, 9.17) is 0 Å². The molecule has 0 aliphatic heterocycles. The molecule has 0 atom stereocenters. The molecule has 0 nitrogen and oxygen atoms in total. The van der Waals surface area contributed by atoms with Crippen molar-refractivity contribution in [1.29, 1.82) is 0 Å². The monoisotopic (exact) mass is 204 g/mol. The number of hydrogen-bond donors (Lipinski definition) is 0. The minimum absolute atomic E-state index is 0.224. The Morgan fingerprint density at radius 2 is 1.23 bits per heavy atom. The van der Waals surface area contributed by atoms with Crippen LogP contribution >= 0.6 is 10.0 Å². The summed E-state index contributed by atoms with van der Waals surface area (Å²) in [5.74, 6) is 3.00. The summed E-state index contributed by atoms with van der Waals surface area (Å²) in [4.78, 5) is 0. The summed E-state index contributed by atoms with van der Waals surface area (Å²) >= 11 is 0. The van der Waals surface area contributed by atoms with Crippen molar-refractivity contribution in [3.05, 3.63) is 0 Å². The van der Waals surface area contributed by atoms with Gasteiger partial charge in [-0.05, 0) is 36.9 Å². The molecule has 0 radical (unpaired) electrons. The van der Waals surface area contributed by atoms with Crippen LogP contribution in [0.2, 0.25) is 0 Å². The molecule has 82 valence electrons. The fourth-order valence-corrected chi connectivity index (χ4v) is 3.82. The van der Waals surface area contributed by atoms with Crippen molar-refractivity contribution >= 4 is 10.0 Å². The minimum atomic E-state index is -0.224. The molecule has 0 aromatic carbocycles. The summed E-state index contributed by atoms with van der Waals surface area (Å²) in [5.41, 5.74) is 0. The van der Waals surface area contributed by atoms with E-state index in [1.807, 2.05) is 0 Å². The van der Waals surface area contributed by atoms with Crippen LogP contribution in [-0.4, -0.2) is 24.0 Å². The zero-order valence-electron chi connectivity index (χ0n) is 10.1. The predicted molar refractivity (Wildman–Crippen MR) is 68.2 cm³/mol. The SMILES string of the molecule is CCCCCCS(C)(C)CCCC. The minimum Gasteiger partial charge on any atom is -0.247 e. The zero-order valence-corrected chi connectivity index (χ0v) is 10.9. The van der Waals surface area contributed by atoms with Crippen molar-refractivity contribution in [2.75, 3.05) is 24.0 Å². The molecular formula is C12H28S. The first-order valence-corrected chi connectivity index (χ1v) is 8.60. The number of rotatable bonds is 8. The van der Waals surface area contributed by atoms with Crippen LogP contribution in [0.5, 0.6) is 0 Å². The first kappa shape index (κ1) is 13.4. The van der Waals surface area contributed by atoms with E-state index in [1.165, 1.54) is 50.0 Å². The molecule has 0 aliphatic carbocycles. The quantitative estimate of drug-likeness (QED) is 0.513. The van der Waals surface area contributed by atoms with Crippen molar-refractivity contribution in [2.24, 2.45) is 0 Å². The predicted octanol–water partition coefficient (Wildman–Crippen LogP) is 4.43. The van der Waals surface area contributed by atoms with Gasteiger partial charge in [-0.25, -0.2) is 10.0 Å². The van der Waals surface area contributed by atoms with E-state index in [-0.39, 0.29) is 10.0 Å². The van der Waals surface area contributed by atoms with Crippen LogP contribution in [0.1, 0.15) is 52.4 Å². The topological polar surface area (TPSA) is 0 Å². The van der Waals surface area contributed by atoms with Gasteiger partial charge in [0.1, 0.15) is 0 Å². The van der Waals surface area contributed by atoms with Gasteiger partial charge in [0.05, 0.1) is 0 Å². The molecule has 0 spiro atoms. The second-order valence-electron chi connectivity index (χ2n) is 4.59. The first-order valence-electron chi connectivity index (χ1n) is 5.81. The number of unbranched alkanes of at least 4 members (excludes halogenated alkanes) is 4. The fourth-order valence-electron chi connectivity index (χ4n) is 1.56. The molecule has 0 amide bonds. The van der Waals surface area contributed by atoms with Crippen LogP contribution in [0, 0.1) is 0 Å². The van der Waals surface area contributed by atoms with Crippen LogP contribution < -0.4 is 0 Å². The fraction of sp³-hybridized carbons (Fsp3) is 1.00. The van der Waals surface area contributed by atoms with Gasteiger partial charge in [0.25, 0.3) is 0 Å². The smallest absolute Gasteiger partial charge is 0.0233 e. The molecule has 0 heterocycles. The first-order chi connectivity index (χ1) is 6.12. The third-order valence-corrected chi connectivity index (χ3v) is 5.39. The van der Waals surface area contributed by atoms with Crippen molar-refractivity contribution in [3.8, 4) is 0 Å². The lowest BCUT2D eigenvalue weighted by molar-refractivity contribution is 0.704. The van der Waals surface area contributed by atoms with E-state index in [1.54, 1.807) is 0 Å². The Bertz CT molecular complexity index is 108. The molecule has 0 saturated carbocycles. The second kappa shape index (κ2) is 7.73. The molecule has 0 N–H and O–H groups in total. The van der Waals surface area contributed by atoms with Gasteiger partial charge in [-0.15, -0.1) is 0 Å². The molecule has 1 heteroatoms. The third-order valence-electron chi connectivity index (χ3n) is 2.60. The van der Waals surface area contributed by atoms with Crippen molar-refractivity contribution in [2.45, 2.75) is 52.4 Å². The van der Waals surface area contributed by atoms with Crippen LogP contribution in [0.3, 0.4) is 0 Å². The van der Waals surface area contributed by atoms with Crippen molar-refractivity contribution in [1.82, 2.24) is 0 Å². The van der Waals surface area contributed by atoms with Crippen LogP contribution in [0.4, 0.5) is 0 Å². The summed E-state index contributed by atoms with van der Waals surface area (Å²) in [6.45, 7) is 4.59. The molecule has 0 aromatic rings. The highest BCUT2D eigenvalue weighted by Crippen LogP contribution is 2.41. The van der Waals surface area contributed by atoms with E-state index >= 15 is 0 Å². The van der Waals surface area contributed by atoms with Gasteiger partial charge in [0.15, 0.2) is 0 Å². The Labute approximate surface area is 86.8 Å². The third kappa shape index (κ3) is 8.67. The van der Waals surface area contributed by atoms with Gasteiger partial charge in [0.2, 0.25) is 0 Å². The van der Waals surface area contributed by atoms with Crippen LogP contribution in [0.25, 0.3) is 0 Å². The van der Waals surface area contributed by atoms with E-state index in [0.717, 1.165) is 0 Å². The lowest BCUT2D eigenvalue weighted by Gasteiger charge is -2.31. The second-order valence-corrected chi connectivity index (χ2v) is 8.94. The molecule has 0 saturated heterocycles. The molecule has 13 heavy (non-hydrogen) atoms. The highest BCUT2D eigenvalue weighted by Gasteiger charge is 2.09. The van der Waals surface area contributed by atoms with Gasteiger partial charge in [-0.1, -0.05) is 39.5 Å². The van der Waals surface area contributed by atoms with Crippen LogP contribution in [0.15, 0.2) is 0 Å².